The molecule has 2 amide bonds. The second-order valence-electron chi connectivity index (χ2n) is 10.6. The fraction of sp³-hybridized carbons (Fsp3) is 0.913. The fourth-order valence-electron chi connectivity index (χ4n) is 5.42. The number of aliphatic hydroxyl groups is 1. The van der Waals surface area contributed by atoms with E-state index in [0.717, 1.165) is 51.7 Å². The number of carbonyl (C=O) groups is 2. The summed E-state index contributed by atoms with van der Waals surface area (Å²) in [7, 11) is 0. The van der Waals surface area contributed by atoms with E-state index in [1.54, 1.807) is 0 Å². The third-order valence-corrected chi connectivity index (χ3v) is 7.09. The first kappa shape index (κ1) is 23.3. The maximum Gasteiger partial charge on any atom is 0.410 e. The molecule has 2 N–H and O–H groups in total. The Kier molecular flexibility index (Phi) is 7.33. The molecule has 0 aromatic rings. The molecule has 2 aliphatic heterocycles. The first-order chi connectivity index (χ1) is 14.1. The standard InChI is InChI=1S/C23H40N2O5/c1-22(2,3)30-21(28)25-17(14-23(4)18(25)7-5-6-8-19(23)26)15-24-20(27)13-16-9-11-29-12-10-16/h16-19,26H,5-15H2,1-4H3,(H,24,27)/t17-,18-,19+,23-/m1/s1. The van der Waals surface area contributed by atoms with Crippen molar-refractivity contribution in [2.45, 2.75) is 103 Å². The molecule has 30 heavy (non-hydrogen) atoms. The number of hydrogen-bond donors (Lipinski definition) is 2. The minimum atomic E-state index is -0.587. The number of carbonyl (C=O) groups excluding carboxylic acids is 2. The lowest BCUT2D eigenvalue weighted by molar-refractivity contribution is -0.122. The molecule has 0 aromatic heterocycles. The number of amides is 2. The van der Waals surface area contributed by atoms with Crippen LogP contribution in [0.15, 0.2) is 0 Å². The zero-order valence-corrected chi connectivity index (χ0v) is 19.1. The Morgan fingerprint density at radius 2 is 1.83 bits per heavy atom. The van der Waals surface area contributed by atoms with Crippen LogP contribution in [-0.2, 0) is 14.3 Å². The van der Waals surface area contributed by atoms with Crippen molar-refractivity contribution >= 4 is 12.0 Å². The Bertz CT molecular complexity index is 613. The van der Waals surface area contributed by atoms with Crippen LogP contribution in [0, 0.1) is 11.3 Å². The molecule has 3 aliphatic rings. The van der Waals surface area contributed by atoms with Crippen LogP contribution in [0.25, 0.3) is 0 Å². The van der Waals surface area contributed by atoms with Gasteiger partial charge < -0.3 is 19.9 Å². The van der Waals surface area contributed by atoms with Crippen LogP contribution in [0.3, 0.4) is 0 Å². The summed E-state index contributed by atoms with van der Waals surface area (Å²) < 4.78 is 11.1. The van der Waals surface area contributed by atoms with E-state index in [-0.39, 0.29) is 29.5 Å². The zero-order valence-electron chi connectivity index (χ0n) is 19.1. The van der Waals surface area contributed by atoms with Crippen LogP contribution in [0.2, 0.25) is 0 Å². The summed E-state index contributed by atoms with van der Waals surface area (Å²) in [5.74, 6) is 0.401. The van der Waals surface area contributed by atoms with Gasteiger partial charge >= 0.3 is 6.09 Å². The molecule has 3 rings (SSSR count). The maximum atomic E-state index is 13.1. The molecule has 0 radical (unpaired) electrons. The van der Waals surface area contributed by atoms with E-state index in [1.165, 1.54) is 0 Å². The van der Waals surface area contributed by atoms with Crippen LogP contribution in [0.1, 0.15) is 79.1 Å². The van der Waals surface area contributed by atoms with E-state index in [2.05, 4.69) is 12.2 Å². The van der Waals surface area contributed by atoms with E-state index in [9.17, 15) is 14.7 Å². The van der Waals surface area contributed by atoms with Crippen molar-refractivity contribution in [3.8, 4) is 0 Å². The lowest BCUT2D eigenvalue weighted by atomic mass is 9.75. The van der Waals surface area contributed by atoms with Crippen LogP contribution < -0.4 is 5.32 Å². The van der Waals surface area contributed by atoms with Gasteiger partial charge in [-0.3, -0.25) is 9.69 Å². The molecule has 2 saturated heterocycles. The lowest BCUT2D eigenvalue weighted by Crippen LogP contribution is -2.50. The first-order valence-corrected chi connectivity index (χ1v) is 11.6. The van der Waals surface area contributed by atoms with Gasteiger partial charge in [0.2, 0.25) is 5.91 Å². The molecule has 0 spiro atoms. The largest absolute Gasteiger partial charge is 0.444 e. The Balaban J connectivity index is 1.69. The Hall–Kier alpha value is -1.34. The van der Waals surface area contributed by atoms with Crippen molar-refractivity contribution in [1.82, 2.24) is 10.2 Å². The second kappa shape index (κ2) is 9.43. The highest BCUT2D eigenvalue weighted by molar-refractivity contribution is 5.76. The Morgan fingerprint density at radius 3 is 2.50 bits per heavy atom. The molecule has 0 unspecified atom stereocenters. The molecular formula is C23H40N2O5. The summed E-state index contributed by atoms with van der Waals surface area (Å²) in [6, 6.07) is -0.233. The summed E-state index contributed by atoms with van der Waals surface area (Å²) in [6.45, 7) is 9.55. The Labute approximate surface area is 180 Å². The van der Waals surface area contributed by atoms with Gasteiger partial charge in [0.15, 0.2) is 0 Å². The normalized spacial score (nSPS) is 33.0. The maximum absolute atomic E-state index is 13.1. The van der Waals surface area contributed by atoms with Crippen LogP contribution in [0.4, 0.5) is 4.79 Å². The van der Waals surface area contributed by atoms with Gasteiger partial charge in [0.05, 0.1) is 12.1 Å². The van der Waals surface area contributed by atoms with Crippen molar-refractivity contribution in [1.29, 1.82) is 0 Å². The predicted molar refractivity (Wildman–Crippen MR) is 114 cm³/mol. The molecule has 3 fully saturated rings. The fourth-order valence-corrected chi connectivity index (χ4v) is 5.42. The molecule has 172 valence electrons. The van der Waals surface area contributed by atoms with Crippen molar-refractivity contribution < 1.29 is 24.2 Å². The van der Waals surface area contributed by atoms with Gasteiger partial charge in [-0.15, -0.1) is 0 Å². The minimum absolute atomic E-state index is 0.0313. The van der Waals surface area contributed by atoms with Gasteiger partial charge in [-0.05, 0) is 58.8 Å². The van der Waals surface area contributed by atoms with Gasteiger partial charge in [0.25, 0.3) is 0 Å². The highest BCUT2D eigenvalue weighted by Crippen LogP contribution is 2.48. The number of nitrogens with zero attached hydrogens (tertiary/aromatic N) is 1. The third kappa shape index (κ3) is 5.47. The molecule has 4 atom stereocenters. The summed E-state index contributed by atoms with van der Waals surface area (Å²) in [4.78, 5) is 27.5. The predicted octanol–water partition coefficient (Wildman–Crippen LogP) is 3.24. The highest BCUT2D eigenvalue weighted by Gasteiger charge is 2.55. The average molecular weight is 425 g/mol. The average Bonchev–Trinajstić information content (AvgIpc) is 2.88. The van der Waals surface area contributed by atoms with Gasteiger partial charge in [0, 0.05) is 37.6 Å². The molecule has 1 saturated carbocycles. The first-order valence-electron chi connectivity index (χ1n) is 11.6. The van der Waals surface area contributed by atoms with Crippen LogP contribution in [0.5, 0.6) is 0 Å². The summed E-state index contributed by atoms with van der Waals surface area (Å²) in [6.07, 6.45) is 5.83. The Morgan fingerprint density at radius 1 is 1.17 bits per heavy atom. The van der Waals surface area contributed by atoms with E-state index in [4.69, 9.17) is 9.47 Å². The molecular weight excluding hydrogens is 384 g/mol. The van der Waals surface area contributed by atoms with Crippen molar-refractivity contribution in [2.24, 2.45) is 11.3 Å². The monoisotopic (exact) mass is 424 g/mol. The summed E-state index contributed by atoms with van der Waals surface area (Å²) >= 11 is 0. The minimum Gasteiger partial charge on any atom is -0.444 e. The van der Waals surface area contributed by atoms with E-state index >= 15 is 0 Å². The molecule has 7 heteroatoms. The topological polar surface area (TPSA) is 88.1 Å². The molecule has 1 aliphatic carbocycles. The van der Waals surface area contributed by atoms with Crippen LogP contribution in [-0.4, -0.2) is 65.6 Å². The van der Waals surface area contributed by atoms with E-state index in [0.29, 0.717) is 25.3 Å². The van der Waals surface area contributed by atoms with Crippen molar-refractivity contribution in [2.75, 3.05) is 19.8 Å². The summed E-state index contributed by atoms with van der Waals surface area (Å²) in [5, 5.41) is 14.0. The van der Waals surface area contributed by atoms with Gasteiger partial charge in [-0.25, -0.2) is 4.79 Å². The second-order valence-corrected chi connectivity index (χ2v) is 10.6. The zero-order chi connectivity index (χ0) is 21.9. The van der Waals surface area contributed by atoms with Gasteiger partial charge in [-0.2, -0.15) is 0 Å². The number of rotatable bonds is 4. The number of likely N-dealkylation sites (tertiary alicyclic amines) is 1. The molecule has 0 bridgehead atoms. The number of nitrogens with one attached hydrogen (secondary N) is 1. The quantitative estimate of drug-likeness (QED) is 0.723. The molecule has 7 nitrogen and oxygen atoms in total. The number of fused-ring (bicyclic) bond motifs is 1. The number of ether oxygens (including phenoxy) is 2. The number of aliphatic hydroxyl groups excluding tert-OH is 1. The van der Waals surface area contributed by atoms with Crippen LogP contribution >= 0.6 is 0 Å². The third-order valence-electron chi connectivity index (χ3n) is 7.09. The lowest BCUT2D eigenvalue weighted by Gasteiger charge is -2.37. The number of hydrogen-bond acceptors (Lipinski definition) is 5. The van der Waals surface area contributed by atoms with Gasteiger partial charge in [0.1, 0.15) is 5.60 Å². The molecule has 2 heterocycles. The highest BCUT2D eigenvalue weighted by atomic mass is 16.6. The SMILES string of the molecule is CC(C)(C)OC(=O)N1[C@@H](CNC(=O)CC2CCOCC2)C[C@@]2(C)[C@@H](O)CCCC[C@@H]12. The van der Waals surface area contributed by atoms with Crippen molar-refractivity contribution in [3.05, 3.63) is 0 Å². The van der Waals surface area contributed by atoms with Crippen molar-refractivity contribution in [3.63, 3.8) is 0 Å². The van der Waals surface area contributed by atoms with E-state index in [1.807, 2.05) is 25.7 Å². The summed E-state index contributed by atoms with van der Waals surface area (Å²) in [5.41, 5.74) is -0.959. The van der Waals surface area contributed by atoms with E-state index < -0.39 is 11.7 Å². The molecule has 0 aromatic carbocycles. The smallest absolute Gasteiger partial charge is 0.410 e. The van der Waals surface area contributed by atoms with Gasteiger partial charge in [-0.1, -0.05) is 19.8 Å².